The number of fused-ring (bicyclic) bond motifs is 1. The number of aromatic nitrogens is 2. The lowest BCUT2D eigenvalue weighted by Crippen LogP contribution is -2.41. The molecule has 0 unspecified atom stereocenters. The lowest BCUT2D eigenvalue weighted by Gasteiger charge is -2.14. The van der Waals surface area contributed by atoms with Gasteiger partial charge in [0.2, 0.25) is 0 Å². The highest BCUT2D eigenvalue weighted by Crippen LogP contribution is 2.27. The molecule has 1 aliphatic rings. The van der Waals surface area contributed by atoms with Gasteiger partial charge in [-0.15, -0.1) is 0 Å². The number of nitrogens with zero attached hydrogens (tertiary/aromatic N) is 2. The van der Waals surface area contributed by atoms with Gasteiger partial charge in [0.15, 0.2) is 5.69 Å². The van der Waals surface area contributed by atoms with E-state index in [0.29, 0.717) is 0 Å². The Balaban J connectivity index is 1.88. The minimum absolute atomic E-state index is 0.231. The number of halogens is 2. The molecule has 1 aromatic heterocycles. The molecule has 0 aliphatic heterocycles. The van der Waals surface area contributed by atoms with E-state index in [9.17, 15) is 13.6 Å². The Bertz CT molecular complexity index is 712. The molecule has 122 valence electrons. The molecule has 0 atom stereocenters. The fraction of sp³-hybridized carbons (Fsp3) is 0.375. The highest BCUT2D eigenvalue weighted by atomic mass is 19.3. The van der Waals surface area contributed by atoms with Crippen LogP contribution in [0.3, 0.4) is 0 Å². The fourth-order valence-corrected chi connectivity index (χ4v) is 2.77. The van der Waals surface area contributed by atoms with Crippen LogP contribution in [0.25, 0.3) is 5.69 Å². The molecule has 1 aromatic carbocycles. The maximum absolute atomic E-state index is 13.2. The third-order valence-corrected chi connectivity index (χ3v) is 3.95. The summed E-state index contributed by atoms with van der Waals surface area (Å²) in [6.45, 7) is -1.58. The second-order valence-corrected chi connectivity index (χ2v) is 5.62. The summed E-state index contributed by atoms with van der Waals surface area (Å²) in [6.07, 6.45) is 2.49. The Hall–Kier alpha value is -2.28. The van der Waals surface area contributed by atoms with Crippen molar-refractivity contribution in [3.05, 3.63) is 47.3 Å². The zero-order valence-electron chi connectivity index (χ0n) is 12.6. The minimum atomic E-state index is -3.11. The molecule has 1 amide bonds. The average molecular weight is 320 g/mol. The van der Waals surface area contributed by atoms with E-state index in [1.54, 1.807) is 4.68 Å². The highest BCUT2D eigenvalue weighted by molar-refractivity contribution is 5.94. The van der Waals surface area contributed by atoms with E-state index >= 15 is 0 Å². The van der Waals surface area contributed by atoms with Crippen LogP contribution >= 0.6 is 0 Å². The second-order valence-electron chi connectivity index (χ2n) is 5.62. The van der Waals surface area contributed by atoms with E-state index in [1.165, 1.54) is 0 Å². The first kappa shape index (κ1) is 15.6. The average Bonchev–Trinajstić information content (AvgIpc) is 3.16. The normalized spacial score (nSPS) is 13.9. The van der Waals surface area contributed by atoms with E-state index in [1.807, 2.05) is 30.3 Å². The van der Waals surface area contributed by atoms with Gasteiger partial charge in [0.1, 0.15) is 0 Å². The maximum atomic E-state index is 13.2. The molecular weight excluding hydrogens is 302 g/mol. The van der Waals surface area contributed by atoms with Gasteiger partial charge in [-0.2, -0.15) is 5.10 Å². The van der Waals surface area contributed by atoms with Crippen LogP contribution in [-0.2, 0) is 12.8 Å². The molecule has 0 saturated heterocycles. The van der Waals surface area contributed by atoms with Crippen molar-refractivity contribution in [2.75, 3.05) is 13.1 Å². The number of nitrogens with two attached hydrogens (primary N) is 1. The molecule has 5 nitrogen and oxygen atoms in total. The number of rotatable bonds is 5. The quantitative estimate of drug-likeness (QED) is 0.880. The van der Waals surface area contributed by atoms with Crippen LogP contribution in [0.4, 0.5) is 8.78 Å². The van der Waals surface area contributed by atoms with Gasteiger partial charge >= 0.3 is 0 Å². The lowest BCUT2D eigenvalue weighted by atomic mass is 10.2. The Morgan fingerprint density at radius 1 is 1.30 bits per heavy atom. The van der Waals surface area contributed by atoms with Crippen LogP contribution in [-0.4, -0.2) is 34.7 Å². The zero-order valence-corrected chi connectivity index (χ0v) is 12.6. The summed E-state index contributed by atoms with van der Waals surface area (Å²) in [5, 5.41) is 6.60. The summed E-state index contributed by atoms with van der Waals surface area (Å²) in [5.74, 6) is -3.69. The summed E-state index contributed by atoms with van der Waals surface area (Å²) in [4.78, 5) is 12.3. The van der Waals surface area contributed by atoms with Crippen LogP contribution in [0.2, 0.25) is 0 Å². The van der Waals surface area contributed by atoms with E-state index in [0.717, 1.165) is 36.2 Å². The van der Waals surface area contributed by atoms with Crippen LogP contribution in [0.1, 0.15) is 28.2 Å². The van der Waals surface area contributed by atoms with Gasteiger partial charge in [-0.05, 0) is 31.4 Å². The molecule has 3 N–H and O–H groups in total. The standard InChI is InChI=1S/C16H18F2N4O/c17-16(18,9-19)10-20-15(23)14-12-7-4-8-13(12)22(21-14)11-5-2-1-3-6-11/h1-3,5-6H,4,7-10,19H2,(H,20,23). The number of carbonyl (C=O) groups is 1. The van der Waals surface area contributed by atoms with Gasteiger partial charge in [-0.25, -0.2) is 13.5 Å². The van der Waals surface area contributed by atoms with Crippen molar-refractivity contribution in [2.24, 2.45) is 5.73 Å². The van der Waals surface area contributed by atoms with Gasteiger partial charge in [0.25, 0.3) is 11.8 Å². The molecule has 0 radical (unpaired) electrons. The Labute approximate surface area is 132 Å². The first-order chi connectivity index (χ1) is 11.0. The van der Waals surface area contributed by atoms with Crippen LogP contribution in [0, 0.1) is 0 Å². The number of amides is 1. The van der Waals surface area contributed by atoms with Crippen LogP contribution in [0.15, 0.2) is 30.3 Å². The Kier molecular flexibility index (Phi) is 4.12. The second kappa shape index (κ2) is 6.08. The van der Waals surface area contributed by atoms with Gasteiger partial charge < -0.3 is 11.1 Å². The number of hydrogen-bond acceptors (Lipinski definition) is 3. The predicted molar refractivity (Wildman–Crippen MR) is 81.9 cm³/mol. The monoisotopic (exact) mass is 320 g/mol. The maximum Gasteiger partial charge on any atom is 0.277 e. The summed E-state index contributed by atoms with van der Waals surface area (Å²) in [7, 11) is 0. The number of benzene rings is 1. The molecule has 7 heteroatoms. The zero-order chi connectivity index (χ0) is 16.4. The molecule has 0 bridgehead atoms. The fourth-order valence-electron chi connectivity index (χ4n) is 2.77. The molecule has 0 fully saturated rings. The minimum Gasteiger partial charge on any atom is -0.345 e. The van der Waals surface area contributed by atoms with Crippen molar-refractivity contribution >= 4 is 5.91 Å². The molecule has 2 aromatic rings. The first-order valence-corrected chi connectivity index (χ1v) is 7.54. The molecule has 1 heterocycles. The SMILES string of the molecule is NCC(F)(F)CNC(=O)c1nn(-c2ccccc2)c2c1CCC2. The van der Waals surface area contributed by atoms with Crippen molar-refractivity contribution < 1.29 is 13.6 Å². The van der Waals surface area contributed by atoms with E-state index in [-0.39, 0.29) is 5.69 Å². The largest absolute Gasteiger partial charge is 0.345 e. The van der Waals surface area contributed by atoms with E-state index in [4.69, 9.17) is 5.73 Å². The van der Waals surface area contributed by atoms with Crippen molar-refractivity contribution in [3.63, 3.8) is 0 Å². The molecule has 0 saturated carbocycles. The molecule has 0 spiro atoms. The number of para-hydroxylation sites is 1. The van der Waals surface area contributed by atoms with Crippen LogP contribution in [0.5, 0.6) is 0 Å². The Morgan fingerprint density at radius 3 is 2.74 bits per heavy atom. The summed E-state index contributed by atoms with van der Waals surface area (Å²) >= 11 is 0. The number of alkyl halides is 2. The van der Waals surface area contributed by atoms with Crippen molar-refractivity contribution in [2.45, 2.75) is 25.2 Å². The van der Waals surface area contributed by atoms with Crippen molar-refractivity contribution in [3.8, 4) is 5.69 Å². The van der Waals surface area contributed by atoms with Gasteiger partial charge in [0.05, 0.1) is 18.8 Å². The lowest BCUT2D eigenvalue weighted by molar-refractivity contribution is 0.0118. The Morgan fingerprint density at radius 2 is 2.04 bits per heavy atom. The van der Waals surface area contributed by atoms with E-state index < -0.39 is 24.9 Å². The number of nitrogens with one attached hydrogen (secondary N) is 1. The van der Waals surface area contributed by atoms with Crippen LogP contribution < -0.4 is 11.1 Å². The third kappa shape index (κ3) is 3.10. The predicted octanol–water partition coefficient (Wildman–Crippen LogP) is 1.68. The van der Waals surface area contributed by atoms with Crippen molar-refractivity contribution in [1.29, 1.82) is 0 Å². The molecular formula is C16H18F2N4O. The molecule has 1 aliphatic carbocycles. The summed E-state index contributed by atoms with van der Waals surface area (Å²) in [5.41, 5.74) is 7.90. The van der Waals surface area contributed by atoms with Gasteiger partial charge in [-0.1, -0.05) is 18.2 Å². The number of hydrogen-bond donors (Lipinski definition) is 2. The van der Waals surface area contributed by atoms with Gasteiger partial charge in [-0.3, -0.25) is 4.79 Å². The molecule has 23 heavy (non-hydrogen) atoms. The van der Waals surface area contributed by atoms with Crippen molar-refractivity contribution in [1.82, 2.24) is 15.1 Å². The van der Waals surface area contributed by atoms with Gasteiger partial charge in [0, 0.05) is 11.3 Å². The molecule has 3 rings (SSSR count). The topological polar surface area (TPSA) is 72.9 Å². The smallest absolute Gasteiger partial charge is 0.277 e. The third-order valence-electron chi connectivity index (χ3n) is 3.95. The summed E-state index contributed by atoms with van der Waals surface area (Å²) in [6, 6.07) is 9.47. The summed E-state index contributed by atoms with van der Waals surface area (Å²) < 4.78 is 28.2. The number of carbonyl (C=O) groups excluding carboxylic acids is 1. The first-order valence-electron chi connectivity index (χ1n) is 7.54. The van der Waals surface area contributed by atoms with E-state index in [2.05, 4.69) is 10.4 Å². The highest BCUT2D eigenvalue weighted by Gasteiger charge is 2.30.